The quantitative estimate of drug-likeness (QED) is 0.791. The Morgan fingerprint density at radius 2 is 2.00 bits per heavy atom. The van der Waals surface area contributed by atoms with Crippen LogP contribution in [0.2, 0.25) is 0 Å². The first-order valence-corrected chi connectivity index (χ1v) is 8.37. The van der Waals surface area contributed by atoms with E-state index in [1.165, 1.54) is 28.2 Å². The number of aryl methyl sites for hydroxylation is 2. The molecule has 1 N–H and O–H groups in total. The van der Waals surface area contributed by atoms with Gasteiger partial charge >= 0.3 is 0 Å². The van der Waals surface area contributed by atoms with Crippen LogP contribution in [0.15, 0.2) is 18.2 Å². The number of thiophene rings is 1. The van der Waals surface area contributed by atoms with Gasteiger partial charge in [-0.25, -0.2) is 0 Å². The Bertz CT molecular complexity index is 487. The molecule has 1 aromatic rings. The molecule has 0 aromatic carbocycles. The number of fused-ring (bicyclic) bond motifs is 2. The zero-order valence-corrected chi connectivity index (χ0v) is 13.3. The minimum atomic E-state index is 0.475. The third-order valence-electron chi connectivity index (χ3n) is 5.03. The Balaban J connectivity index is 1.65. The molecule has 2 aliphatic carbocycles. The first-order valence-electron chi connectivity index (χ1n) is 7.56. The van der Waals surface area contributed by atoms with Crippen molar-refractivity contribution in [3.8, 4) is 0 Å². The van der Waals surface area contributed by atoms with Gasteiger partial charge in [-0.15, -0.1) is 11.3 Å². The van der Waals surface area contributed by atoms with Gasteiger partial charge in [-0.1, -0.05) is 12.2 Å². The van der Waals surface area contributed by atoms with Gasteiger partial charge in [0.25, 0.3) is 0 Å². The summed E-state index contributed by atoms with van der Waals surface area (Å²) in [6.07, 6.45) is 7.69. The average molecular weight is 275 g/mol. The Morgan fingerprint density at radius 3 is 2.53 bits per heavy atom. The molecule has 0 amide bonds. The van der Waals surface area contributed by atoms with Crippen molar-refractivity contribution in [1.29, 1.82) is 0 Å². The first-order chi connectivity index (χ1) is 9.04. The molecule has 1 fully saturated rings. The van der Waals surface area contributed by atoms with Gasteiger partial charge in [-0.2, -0.15) is 0 Å². The molecule has 3 rings (SSSR count). The maximum Gasteiger partial charge on any atom is 0.0305 e. The molecule has 5 unspecified atom stereocenters. The lowest BCUT2D eigenvalue weighted by molar-refractivity contribution is 0.307. The van der Waals surface area contributed by atoms with Crippen LogP contribution in [0.5, 0.6) is 0 Å². The van der Waals surface area contributed by atoms with Gasteiger partial charge in [0.1, 0.15) is 0 Å². The minimum absolute atomic E-state index is 0.475. The molecule has 0 saturated heterocycles. The van der Waals surface area contributed by atoms with E-state index >= 15 is 0 Å². The van der Waals surface area contributed by atoms with Gasteiger partial charge in [-0.05, 0) is 69.9 Å². The largest absolute Gasteiger partial charge is 0.307 e. The zero-order chi connectivity index (χ0) is 13.6. The molecule has 1 heterocycles. The molecule has 0 spiro atoms. The highest BCUT2D eigenvalue weighted by Gasteiger charge is 2.38. The molecule has 1 aromatic heterocycles. The fourth-order valence-electron chi connectivity index (χ4n) is 4.09. The number of nitrogens with one attached hydrogen (secondary N) is 1. The Kier molecular flexibility index (Phi) is 3.57. The van der Waals surface area contributed by atoms with Gasteiger partial charge in [-0.3, -0.25) is 0 Å². The maximum atomic E-state index is 3.85. The highest BCUT2D eigenvalue weighted by Crippen LogP contribution is 2.45. The molecule has 1 saturated carbocycles. The summed E-state index contributed by atoms with van der Waals surface area (Å²) in [6.45, 7) is 9.15. The Labute approximate surface area is 121 Å². The van der Waals surface area contributed by atoms with Crippen LogP contribution in [0, 0.1) is 31.6 Å². The number of hydrogen-bond acceptors (Lipinski definition) is 2. The van der Waals surface area contributed by atoms with Crippen LogP contribution in [-0.2, 0) is 0 Å². The summed E-state index contributed by atoms with van der Waals surface area (Å²) in [6, 6.07) is 3.45. The van der Waals surface area contributed by atoms with Crippen LogP contribution in [0.25, 0.3) is 0 Å². The maximum absolute atomic E-state index is 3.85. The standard InChI is InChI=1S/C17H25NS/c1-10-7-16(13(4)19-10)11(2)18-12(3)17-9-14-5-6-15(17)8-14/h5-7,11-12,14-15,17-18H,8-9H2,1-4H3. The fraction of sp³-hybridized carbons (Fsp3) is 0.647. The van der Waals surface area contributed by atoms with E-state index in [0.29, 0.717) is 12.1 Å². The summed E-state index contributed by atoms with van der Waals surface area (Å²) in [7, 11) is 0. The van der Waals surface area contributed by atoms with E-state index in [2.05, 4.69) is 51.2 Å². The lowest BCUT2D eigenvalue weighted by atomic mass is 9.87. The minimum Gasteiger partial charge on any atom is -0.307 e. The van der Waals surface area contributed by atoms with Crippen molar-refractivity contribution in [1.82, 2.24) is 5.32 Å². The van der Waals surface area contributed by atoms with Crippen LogP contribution in [-0.4, -0.2) is 6.04 Å². The molecular weight excluding hydrogens is 250 g/mol. The van der Waals surface area contributed by atoms with E-state index in [9.17, 15) is 0 Å². The van der Waals surface area contributed by atoms with Crippen molar-refractivity contribution < 1.29 is 0 Å². The molecule has 1 nitrogen and oxygen atoms in total. The van der Waals surface area contributed by atoms with Crippen LogP contribution in [0.1, 0.15) is 48.0 Å². The van der Waals surface area contributed by atoms with Crippen LogP contribution in [0.4, 0.5) is 0 Å². The summed E-state index contributed by atoms with van der Waals surface area (Å²) < 4.78 is 0. The van der Waals surface area contributed by atoms with Gasteiger partial charge in [0.2, 0.25) is 0 Å². The average Bonchev–Trinajstić information content (AvgIpc) is 3.03. The third-order valence-corrected chi connectivity index (χ3v) is 6.01. The Hall–Kier alpha value is -0.600. The van der Waals surface area contributed by atoms with Gasteiger partial charge in [0.15, 0.2) is 0 Å². The van der Waals surface area contributed by atoms with Crippen molar-refractivity contribution in [2.24, 2.45) is 17.8 Å². The smallest absolute Gasteiger partial charge is 0.0305 e. The second-order valence-corrected chi connectivity index (χ2v) is 7.95. The van der Waals surface area contributed by atoms with E-state index in [1.54, 1.807) is 0 Å². The predicted octanol–water partition coefficient (Wildman–Crippen LogP) is 4.62. The highest BCUT2D eigenvalue weighted by atomic mass is 32.1. The van der Waals surface area contributed by atoms with Gasteiger partial charge < -0.3 is 5.32 Å². The van der Waals surface area contributed by atoms with Gasteiger partial charge in [0.05, 0.1) is 0 Å². The molecule has 2 aliphatic rings. The van der Waals surface area contributed by atoms with Gasteiger partial charge in [0, 0.05) is 21.8 Å². The van der Waals surface area contributed by atoms with E-state index < -0.39 is 0 Å². The zero-order valence-electron chi connectivity index (χ0n) is 12.4. The molecule has 0 aliphatic heterocycles. The van der Waals surface area contributed by atoms with Crippen molar-refractivity contribution >= 4 is 11.3 Å². The fourth-order valence-corrected chi connectivity index (χ4v) is 5.11. The van der Waals surface area contributed by atoms with E-state index in [1.807, 2.05) is 11.3 Å². The summed E-state index contributed by atoms with van der Waals surface area (Å²) in [5, 5.41) is 3.85. The van der Waals surface area contributed by atoms with Crippen molar-refractivity contribution in [3.05, 3.63) is 33.5 Å². The van der Waals surface area contributed by atoms with Crippen molar-refractivity contribution in [3.63, 3.8) is 0 Å². The van der Waals surface area contributed by atoms with Crippen LogP contribution >= 0.6 is 11.3 Å². The molecule has 2 heteroatoms. The lowest BCUT2D eigenvalue weighted by Crippen LogP contribution is -2.37. The molecule has 104 valence electrons. The number of allylic oxidation sites excluding steroid dienone is 2. The summed E-state index contributed by atoms with van der Waals surface area (Å²) >= 11 is 1.92. The number of rotatable bonds is 4. The number of hydrogen-bond donors (Lipinski definition) is 1. The topological polar surface area (TPSA) is 12.0 Å². The normalized spacial score (nSPS) is 31.9. The van der Waals surface area contributed by atoms with Crippen molar-refractivity contribution in [2.45, 2.75) is 52.6 Å². The summed E-state index contributed by atoms with van der Waals surface area (Å²) in [5.41, 5.74) is 1.49. The predicted molar refractivity (Wildman–Crippen MR) is 83.6 cm³/mol. The molecule has 0 radical (unpaired) electrons. The van der Waals surface area contributed by atoms with E-state index in [0.717, 1.165) is 17.8 Å². The molecule has 2 bridgehead atoms. The van der Waals surface area contributed by atoms with Crippen molar-refractivity contribution in [2.75, 3.05) is 0 Å². The summed E-state index contributed by atoms with van der Waals surface area (Å²) in [4.78, 5) is 2.90. The van der Waals surface area contributed by atoms with Crippen LogP contribution in [0.3, 0.4) is 0 Å². The van der Waals surface area contributed by atoms with Crippen LogP contribution < -0.4 is 5.32 Å². The molecule has 19 heavy (non-hydrogen) atoms. The van der Waals surface area contributed by atoms with E-state index in [-0.39, 0.29) is 0 Å². The lowest BCUT2D eigenvalue weighted by Gasteiger charge is -2.29. The second-order valence-electron chi connectivity index (χ2n) is 6.49. The molecular formula is C17H25NS. The monoisotopic (exact) mass is 275 g/mol. The summed E-state index contributed by atoms with van der Waals surface area (Å²) in [5.74, 6) is 2.56. The second kappa shape index (κ2) is 5.06. The third kappa shape index (κ3) is 2.53. The van der Waals surface area contributed by atoms with E-state index in [4.69, 9.17) is 0 Å². The molecule has 5 atom stereocenters. The Morgan fingerprint density at radius 1 is 1.21 bits per heavy atom. The SMILES string of the molecule is Cc1cc(C(C)NC(C)C2CC3C=CC2C3)c(C)s1. The highest BCUT2D eigenvalue weighted by molar-refractivity contribution is 7.12. The first kappa shape index (κ1) is 13.4.